The van der Waals surface area contributed by atoms with Crippen molar-refractivity contribution in [1.29, 1.82) is 0 Å². The Morgan fingerprint density at radius 3 is 2.71 bits per heavy atom. The van der Waals surface area contributed by atoms with Crippen LogP contribution in [0.5, 0.6) is 5.19 Å². The average molecular weight is 305 g/mol. The summed E-state index contributed by atoms with van der Waals surface area (Å²) in [6, 6.07) is 1.92. The number of rotatable bonds is 4. The lowest BCUT2D eigenvalue weighted by Crippen LogP contribution is -2.39. The van der Waals surface area contributed by atoms with Gasteiger partial charge in [-0.05, 0) is 6.07 Å². The van der Waals surface area contributed by atoms with Crippen LogP contribution in [-0.2, 0) is 0 Å². The molecule has 2 aromatic heterocycles. The Morgan fingerprint density at radius 1 is 1.24 bits per heavy atom. The lowest BCUT2D eigenvalue weighted by Gasteiger charge is -2.31. The van der Waals surface area contributed by atoms with Gasteiger partial charge in [-0.3, -0.25) is 0 Å². The first-order valence-corrected chi connectivity index (χ1v) is 7.92. The maximum absolute atomic E-state index is 5.87. The highest BCUT2D eigenvalue weighted by Crippen LogP contribution is 2.23. The highest BCUT2D eigenvalue weighted by atomic mass is 32.1. The molecule has 0 aromatic carbocycles. The molecule has 0 atom stereocenters. The standard InChI is InChI=1S/C14H19N5OS/c1-18(2)12-3-6-15-13(17-12)19-8-4-11(5-9-19)20-14-16-7-10-21-14/h3,6-7,10-11H,4-5,8-9H2,1-2H3. The molecular formula is C14H19N5OS. The maximum atomic E-state index is 5.87. The normalized spacial score (nSPS) is 16.0. The van der Waals surface area contributed by atoms with Gasteiger partial charge >= 0.3 is 0 Å². The van der Waals surface area contributed by atoms with Gasteiger partial charge in [0.1, 0.15) is 11.9 Å². The highest BCUT2D eigenvalue weighted by Gasteiger charge is 2.23. The number of hydrogen-bond donors (Lipinski definition) is 0. The van der Waals surface area contributed by atoms with Crippen LogP contribution in [0, 0.1) is 0 Å². The molecule has 0 radical (unpaired) electrons. The monoisotopic (exact) mass is 305 g/mol. The van der Waals surface area contributed by atoms with Crippen LogP contribution < -0.4 is 14.5 Å². The second-order valence-corrected chi connectivity index (χ2v) is 6.07. The molecule has 0 amide bonds. The van der Waals surface area contributed by atoms with Gasteiger partial charge < -0.3 is 14.5 Å². The number of ether oxygens (including phenoxy) is 1. The summed E-state index contributed by atoms with van der Waals surface area (Å²) >= 11 is 1.54. The van der Waals surface area contributed by atoms with Crippen molar-refractivity contribution in [2.45, 2.75) is 18.9 Å². The van der Waals surface area contributed by atoms with Crippen LogP contribution in [0.1, 0.15) is 12.8 Å². The molecule has 0 bridgehead atoms. The zero-order valence-corrected chi connectivity index (χ0v) is 13.1. The molecule has 0 aliphatic carbocycles. The van der Waals surface area contributed by atoms with E-state index in [1.54, 1.807) is 17.5 Å². The van der Waals surface area contributed by atoms with E-state index in [0.717, 1.165) is 42.9 Å². The summed E-state index contributed by atoms with van der Waals surface area (Å²) < 4.78 is 5.87. The quantitative estimate of drug-likeness (QED) is 0.862. The van der Waals surface area contributed by atoms with Crippen LogP contribution in [0.25, 0.3) is 0 Å². The summed E-state index contributed by atoms with van der Waals surface area (Å²) in [6.07, 6.45) is 5.76. The van der Waals surface area contributed by atoms with E-state index in [2.05, 4.69) is 19.9 Å². The molecule has 1 saturated heterocycles. The third kappa shape index (κ3) is 3.41. The summed E-state index contributed by atoms with van der Waals surface area (Å²) in [5.74, 6) is 1.73. The minimum Gasteiger partial charge on any atom is -0.467 e. The van der Waals surface area contributed by atoms with Gasteiger partial charge in [-0.2, -0.15) is 4.98 Å². The fraction of sp³-hybridized carbons (Fsp3) is 0.500. The van der Waals surface area contributed by atoms with Gasteiger partial charge in [-0.1, -0.05) is 11.3 Å². The minimum absolute atomic E-state index is 0.240. The van der Waals surface area contributed by atoms with Crippen LogP contribution in [0.3, 0.4) is 0 Å². The Morgan fingerprint density at radius 2 is 2.05 bits per heavy atom. The van der Waals surface area contributed by atoms with Crippen molar-refractivity contribution in [3.8, 4) is 5.19 Å². The first kappa shape index (κ1) is 14.1. The van der Waals surface area contributed by atoms with Crippen LogP contribution in [0.2, 0.25) is 0 Å². The van der Waals surface area contributed by atoms with Crippen molar-refractivity contribution < 1.29 is 4.74 Å². The highest BCUT2D eigenvalue weighted by molar-refractivity contribution is 7.11. The molecule has 3 rings (SSSR count). The molecule has 2 aromatic rings. The van der Waals surface area contributed by atoms with Crippen LogP contribution >= 0.6 is 11.3 Å². The first-order valence-electron chi connectivity index (χ1n) is 7.04. The van der Waals surface area contributed by atoms with E-state index in [9.17, 15) is 0 Å². The molecule has 7 heteroatoms. The zero-order chi connectivity index (χ0) is 14.7. The number of anilines is 2. The maximum Gasteiger partial charge on any atom is 0.273 e. The molecule has 0 spiro atoms. The van der Waals surface area contributed by atoms with Crippen molar-refractivity contribution in [2.75, 3.05) is 37.0 Å². The van der Waals surface area contributed by atoms with E-state index in [-0.39, 0.29) is 6.10 Å². The van der Waals surface area contributed by atoms with E-state index >= 15 is 0 Å². The van der Waals surface area contributed by atoms with Gasteiger partial charge in [-0.25, -0.2) is 9.97 Å². The van der Waals surface area contributed by atoms with Gasteiger partial charge in [0.05, 0.1) is 0 Å². The Balaban J connectivity index is 1.59. The molecule has 0 unspecified atom stereocenters. The summed E-state index contributed by atoms with van der Waals surface area (Å²) in [6.45, 7) is 1.82. The van der Waals surface area contributed by atoms with E-state index in [1.165, 1.54) is 0 Å². The Kier molecular flexibility index (Phi) is 4.19. The molecule has 1 fully saturated rings. The van der Waals surface area contributed by atoms with Crippen molar-refractivity contribution in [3.05, 3.63) is 23.8 Å². The molecule has 0 saturated carbocycles. The van der Waals surface area contributed by atoms with Crippen LogP contribution in [0.4, 0.5) is 11.8 Å². The van der Waals surface area contributed by atoms with Crippen molar-refractivity contribution in [1.82, 2.24) is 15.0 Å². The van der Waals surface area contributed by atoms with Crippen LogP contribution in [-0.4, -0.2) is 48.2 Å². The third-order valence-corrected chi connectivity index (χ3v) is 4.15. The Labute approximate surface area is 128 Å². The van der Waals surface area contributed by atoms with Gasteiger partial charge in [0, 0.05) is 57.8 Å². The van der Waals surface area contributed by atoms with E-state index in [0.29, 0.717) is 0 Å². The zero-order valence-electron chi connectivity index (χ0n) is 12.3. The summed E-state index contributed by atoms with van der Waals surface area (Å²) in [5, 5.41) is 2.70. The lowest BCUT2D eigenvalue weighted by atomic mass is 10.1. The van der Waals surface area contributed by atoms with Gasteiger partial charge in [0.2, 0.25) is 5.95 Å². The third-order valence-electron chi connectivity index (χ3n) is 3.49. The summed E-state index contributed by atoms with van der Waals surface area (Å²) in [4.78, 5) is 17.3. The van der Waals surface area contributed by atoms with E-state index in [1.807, 2.05) is 36.6 Å². The van der Waals surface area contributed by atoms with Crippen molar-refractivity contribution in [3.63, 3.8) is 0 Å². The molecule has 6 nitrogen and oxygen atoms in total. The van der Waals surface area contributed by atoms with Gasteiger partial charge in [0.15, 0.2) is 0 Å². The lowest BCUT2D eigenvalue weighted by molar-refractivity contribution is 0.170. The van der Waals surface area contributed by atoms with Gasteiger partial charge in [0.25, 0.3) is 5.19 Å². The SMILES string of the molecule is CN(C)c1ccnc(N2CCC(Oc3nccs3)CC2)n1. The largest absolute Gasteiger partial charge is 0.467 e. The molecule has 21 heavy (non-hydrogen) atoms. The molecule has 3 heterocycles. The number of aromatic nitrogens is 3. The smallest absolute Gasteiger partial charge is 0.273 e. The van der Waals surface area contributed by atoms with Gasteiger partial charge in [-0.15, -0.1) is 0 Å². The molecule has 0 N–H and O–H groups in total. The molecule has 1 aliphatic rings. The predicted octanol–water partition coefficient (Wildman–Crippen LogP) is 2.05. The fourth-order valence-electron chi connectivity index (χ4n) is 2.33. The minimum atomic E-state index is 0.240. The number of nitrogens with zero attached hydrogens (tertiary/aromatic N) is 5. The summed E-state index contributed by atoms with van der Waals surface area (Å²) in [7, 11) is 3.97. The Bertz CT molecular complexity index is 567. The summed E-state index contributed by atoms with van der Waals surface area (Å²) in [5.41, 5.74) is 0. The number of piperidine rings is 1. The van der Waals surface area contributed by atoms with E-state index < -0.39 is 0 Å². The number of thiazole rings is 1. The average Bonchev–Trinajstić information content (AvgIpc) is 3.01. The van der Waals surface area contributed by atoms with Crippen LogP contribution in [0.15, 0.2) is 23.8 Å². The topological polar surface area (TPSA) is 54.4 Å². The number of hydrogen-bond acceptors (Lipinski definition) is 7. The fourth-order valence-corrected chi connectivity index (χ4v) is 2.88. The molecular weight excluding hydrogens is 286 g/mol. The second kappa shape index (κ2) is 6.26. The predicted molar refractivity (Wildman–Crippen MR) is 84.3 cm³/mol. The molecule has 112 valence electrons. The first-order chi connectivity index (χ1) is 10.2. The van der Waals surface area contributed by atoms with E-state index in [4.69, 9.17) is 4.74 Å². The Hall–Kier alpha value is -1.89. The second-order valence-electron chi connectivity index (χ2n) is 5.21. The van der Waals surface area contributed by atoms with Crippen molar-refractivity contribution in [2.24, 2.45) is 0 Å². The van der Waals surface area contributed by atoms with Crippen molar-refractivity contribution >= 4 is 23.1 Å². The molecule has 1 aliphatic heterocycles.